The summed E-state index contributed by atoms with van der Waals surface area (Å²) in [4.78, 5) is 35.7. The molecule has 3 rings (SSSR count). The van der Waals surface area contributed by atoms with Crippen LogP contribution in [0.25, 0.3) is 0 Å². The van der Waals surface area contributed by atoms with Crippen LogP contribution in [0.1, 0.15) is 59.8 Å². The lowest BCUT2D eigenvalue weighted by Gasteiger charge is -2.40. The van der Waals surface area contributed by atoms with Gasteiger partial charge in [-0.2, -0.15) is 0 Å². The van der Waals surface area contributed by atoms with Crippen LogP contribution in [0.5, 0.6) is 0 Å². The SMILES string of the molecule is CCN(c1cc(Cl)cc(C(=O)NCc2c(N(C)C)[nH]c(C)cc2=O)c1C)[C@H]1CC[C@H](N(C)C)CC1. The molecule has 1 fully saturated rings. The van der Waals surface area contributed by atoms with Crippen molar-refractivity contribution in [1.82, 2.24) is 15.2 Å². The van der Waals surface area contributed by atoms with Crippen molar-refractivity contribution in [3.8, 4) is 0 Å². The Labute approximate surface area is 214 Å². The first-order chi connectivity index (χ1) is 16.5. The third-order valence-corrected chi connectivity index (χ3v) is 7.41. The maximum Gasteiger partial charge on any atom is 0.251 e. The fraction of sp³-hybridized carbons (Fsp3) is 0.556. The third kappa shape index (κ3) is 6.19. The number of hydrogen-bond acceptors (Lipinski definition) is 5. The molecule has 1 aromatic carbocycles. The topological polar surface area (TPSA) is 71.7 Å². The number of carbonyl (C=O) groups excluding carboxylic acids is 1. The summed E-state index contributed by atoms with van der Waals surface area (Å²) >= 11 is 6.52. The van der Waals surface area contributed by atoms with Gasteiger partial charge in [-0.25, -0.2) is 0 Å². The highest BCUT2D eigenvalue weighted by Crippen LogP contribution is 2.34. The van der Waals surface area contributed by atoms with E-state index < -0.39 is 0 Å². The number of carbonyl (C=O) groups is 1. The van der Waals surface area contributed by atoms with E-state index in [-0.39, 0.29) is 17.9 Å². The molecule has 35 heavy (non-hydrogen) atoms. The van der Waals surface area contributed by atoms with E-state index in [2.05, 4.69) is 41.1 Å². The van der Waals surface area contributed by atoms with Crippen molar-refractivity contribution in [3.05, 3.63) is 55.8 Å². The number of amides is 1. The van der Waals surface area contributed by atoms with Crippen LogP contribution >= 0.6 is 11.6 Å². The summed E-state index contributed by atoms with van der Waals surface area (Å²) in [7, 11) is 8.05. The molecule has 0 radical (unpaired) electrons. The smallest absolute Gasteiger partial charge is 0.251 e. The monoisotopic (exact) mass is 501 g/mol. The summed E-state index contributed by atoms with van der Waals surface area (Å²) in [5, 5.41) is 3.49. The molecule has 0 atom stereocenters. The summed E-state index contributed by atoms with van der Waals surface area (Å²) in [6.07, 6.45) is 4.57. The summed E-state index contributed by atoms with van der Waals surface area (Å²) in [5.74, 6) is 0.465. The largest absolute Gasteiger partial charge is 0.369 e. The molecule has 0 saturated heterocycles. The fourth-order valence-electron chi connectivity index (χ4n) is 5.23. The minimum absolute atomic E-state index is 0.0979. The Balaban J connectivity index is 1.84. The van der Waals surface area contributed by atoms with Gasteiger partial charge in [0.1, 0.15) is 5.82 Å². The van der Waals surface area contributed by atoms with Crippen LogP contribution in [0.2, 0.25) is 5.02 Å². The maximum absolute atomic E-state index is 13.3. The number of halogens is 1. The zero-order chi connectivity index (χ0) is 25.9. The predicted molar refractivity (Wildman–Crippen MR) is 146 cm³/mol. The molecule has 2 N–H and O–H groups in total. The van der Waals surface area contributed by atoms with Crippen LogP contribution in [-0.2, 0) is 6.54 Å². The Kier molecular flexibility index (Phi) is 8.89. The molecule has 8 heteroatoms. The van der Waals surface area contributed by atoms with Crippen molar-refractivity contribution in [1.29, 1.82) is 0 Å². The number of hydrogen-bond donors (Lipinski definition) is 2. The first-order valence-electron chi connectivity index (χ1n) is 12.4. The molecular weight excluding hydrogens is 462 g/mol. The molecule has 1 aliphatic rings. The second-order valence-corrected chi connectivity index (χ2v) is 10.5. The third-order valence-electron chi connectivity index (χ3n) is 7.20. The van der Waals surface area contributed by atoms with Gasteiger partial charge in [0.05, 0.1) is 12.1 Å². The molecule has 0 spiro atoms. The van der Waals surface area contributed by atoms with Gasteiger partial charge >= 0.3 is 0 Å². The molecule has 1 amide bonds. The van der Waals surface area contributed by atoms with E-state index in [0.29, 0.717) is 34.1 Å². The van der Waals surface area contributed by atoms with Crippen LogP contribution in [-0.4, -0.2) is 62.6 Å². The average Bonchev–Trinajstić information content (AvgIpc) is 2.80. The normalized spacial score (nSPS) is 18.0. The molecule has 0 unspecified atom stereocenters. The maximum atomic E-state index is 13.3. The zero-order valence-electron chi connectivity index (χ0n) is 22.2. The van der Waals surface area contributed by atoms with Crippen LogP contribution < -0.4 is 20.5 Å². The molecule has 0 aliphatic heterocycles. The second-order valence-electron chi connectivity index (χ2n) is 10.0. The summed E-state index contributed by atoms with van der Waals surface area (Å²) in [5.41, 5.74) is 3.68. The van der Waals surface area contributed by atoms with E-state index in [1.165, 1.54) is 12.8 Å². The van der Waals surface area contributed by atoms with Gasteiger partial charge in [-0.15, -0.1) is 0 Å². The second kappa shape index (κ2) is 11.5. The van der Waals surface area contributed by atoms with Crippen LogP contribution in [0.15, 0.2) is 23.0 Å². The van der Waals surface area contributed by atoms with Gasteiger partial charge in [0.15, 0.2) is 5.43 Å². The first kappa shape index (κ1) is 27.1. The molecule has 1 aromatic heterocycles. The van der Waals surface area contributed by atoms with Gasteiger partial charge < -0.3 is 25.0 Å². The summed E-state index contributed by atoms with van der Waals surface area (Å²) in [6.45, 7) is 6.98. The van der Waals surface area contributed by atoms with Crippen molar-refractivity contribution >= 4 is 29.0 Å². The molecule has 2 aromatic rings. The van der Waals surface area contributed by atoms with Crippen LogP contribution in [0.3, 0.4) is 0 Å². The molecule has 0 bridgehead atoms. The molecule has 1 aliphatic carbocycles. The number of aromatic nitrogens is 1. The van der Waals surface area contributed by atoms with Crippen molar-refractivity contribution in [2.75, 3.05) is 44.5 Å². The highest BCUT2D eigenvalue weighted by molar-refractivity contribution is 6.31. The predicted octanol–water partition coefficient (Wildman–Crippen LogP) is 4.34. The lowest BCUT2D eigenvalue weighted by Crippen LogP contribution is -2.42. The molecule has 7 nitrogen and oxygen atoms in total. The summed E-state index contributed by atoms with van der Waals surface area (Å²) < 4.78 is 0. The fourth-order valence-corrected chi connectivity index (χ4v) is 5.44. The highest BCUT2D eigenvalue weighted by Gasteiger charge is 2.28. The van der Waals surface area contributed by atoms with Gasteiger partial charge in [0.2, 0.25) is 0 Å². The Morgan fingerprint density at radius 2 is 1.69 bits per heavy atom. The minimum Gasteiger partial charge on any atom is -0.369 e. The number of aryl methyl sites for hydroxylation is 1. The molecule has 1 saturated carbocycles. The molecular formula is C27H40ClN5O2. The van der Waals surface area contributed by atoms with E-state index in [1.54, 1.807) is 12.1 Å². The lowest BCUT2D eigenvalue weighted by molar-refractivity contribution is 0.0950. The molecule has 1 heterocycles. The van der Waals surface area contributed by atoms with Gasteiger partial charge in [-0.1, -0.05) is 11.6 Å². The standard InChI is InChI=1S/C27H40ClN5O2/c1-8-33(21-11-9-20(10-12-21)31(4)5)24-15-19(28)14-22(18(24)3)27(35)29-16-23-25(34)13-17(2)30-26(23)32(6)7/h13-15,20-21H,8-12,16H2,1-7H3,(H,29,35)(H,30,34)/t20-,21-. The zero-order valence-corrected chi connectivity index (χ0v) is 22.9. The summed E-state index contributed by atoms with van der Waals surface area (Å²) in [6, 6.07) is 6.31. The van der Waals surface area contributed by atoms with E-state index in [1.807, 2.05) is 38.9 Å². The van der Waals surface area contributed by atoms with E-state index in [9.17, 15) is 9.59 Å². The number of aromatic amines is 1. The number of nitrogens with one attached hydrogen (secondary N) is 2. The Morgan fingerprint density at radius 3 is 2.26 bits per heavy atom. The van der Waals surface area contributed by atoms with Gasteiger partial charge in [0, 0.05) is 60.8 Å². The van der Waals surface area contributed by atoms with Crippen molar-refractivity contribution in [2.24, 2.45) is 0 Å². The average molecular weight is 502 g/mol. The number of pyridine rings is 1. The lowest BCUT2D eigenvalue weighted by atomic mass is 9.89. The number of benzene rings is 1. The quantitative estimate of drug-likeness (QED) is 0.563. The van der Waals surface area contributed by atoms with E-state index in [4.69, 9.17) is 11.6 Å². The van der Waals surface area contributed by atoms with Crippen LogP contribution in [0.4, 0.5) is 11.5 Å². The highest BCUT2D eigenvalue weighted by atomic mass is 35.5. The number of anilines is 2. The van der Waals surface area contributed by atoms with Crippen molar-refractivity contribution < 1.29 is 4.79 Å². The molecule has 192 valence electrons. The Morgan fingerprint density at radius 1 is 1.06 bits per heavy atom. The number of nitrogens with zero attached hydrogens (tertiary/aromatic N) is 3. The minimum atomic E-state index is -0.233. The Hall–Kier alpha value is -2.51. The number of H-pyrrole nitrogens is 1. The Bertz CT molecular complexity index is 1100. The van der Waals surface area contributed by atoms with E-state index in [0.717, 1.165) is 36.3 Å². The van der Waals surface area contributed by atoms with Gasteiger partial charge in [-0.05, 0) is 78.2 Å². The van der Waals surface area contributed by atoms with E-state index >= 15 is 0 Å². The van der Waals surface area contributed by atoms with Crippen molar-refractivity contribution in [2.45, 2.75) is 65.1 Å². The first-order valence-corrected chi connectivity index (χ1v) is 12.8. The van der Waals surface area contributed by atoms with Crippen LogP contribution in [0, 0.1) is 13.8 Å². The van der Waals surface area contributed by atoms with Gasteiger partial charge in [0.25, 0.3) is 5.91 Å². The number of rotatable bonds is 8. The van der Waals surface area contributed by atoms with Crippen molar-refractivity contribution in [3.63, 3.8) is 0 Å². The van der Waals surface area contributed by atoms with Gasteiger partial charge in [-0.3, -0.25) is 9.59 Å².